The van der Waals surface area contributed by atoms with Gasteiger partial charge in [0, 0.05) is 43.8 Å². The molecule has 0 saturated carbocycles. The van der Waals surface area contributed by atoms with Gasteiger partial charge >= 0.3 is 0 Å². The topological polar surface area (TPSA) is 86.4 Å². The lowest BCUT2D eigenvalue weighted by Gasteiger charge is -2.34. The number of aryl methyl sites for hydroxylation is 1. The van der Waals surface area contributed by atoms with Crippen molar-refractivity contribution in [3.8, 4) is 11.3 Å². The number of aromatic amines is 1. The molecule has 0 unspecified atom stereocenters. The molecule has 1 aliphatic rings. The molecule has 2 aromatic heterocycles. The van der Waals surface area contributed by atoms with Crippen LogP contribution in [0.3, 0.4) is 0 Å². The van der Waals surface area contributed by atoms with E-state index in [4.69, 9.17) is 0 Å². The number of benzene rings is 1. The van der Waals surface area contributed by atoms with E-state index in [-0.39, 0.29) is 23.8 Å². The number of nitrogens with zero attached hydrogens (tertiary/aromatic N) is 3. The van der Waals surface area contributed by atoms with Gasteiger partial charge in [0.2, 0.25) is 5.91 Å². The van der Waals surface area contributed by atoms with E-state index in [1.807, 2.05) is 49.4 Å². The standard InChI is InChI=1S/C24H24N4O3/c1-17-5-4-6-18(15-17)21-9-8-20(23(30)26-21)24(31)28-13-11-27(12-14-28)22(29)16-19-7-2-3-10-25-19/h2-10,15H,11-14,16H2,1H3,(H,26,30). The second kappa shape index (κ2) is 8.95. The summed E-state index contributed by atoms with van der Waals surface area (Å²) in [5, 5.41) is 0. The van der Waals surface area contributed by atoms with Crippen LogP contribution in [0.4, 0.5) is 0 Å². The Morgan fingerprint density at radius 2 is 1.74 bits per heavy atom. The van der Waals surface area contributed by atoms with Crippen molar-refractivity contribution in [3.05, 3.63) is 88.0 Å². The number of nitrogens with one attached hydrogen (secondary N) is 1. The fraction of sp³-hybridized carbons (Fsp3) is 0.250. The normalized spacial score (nSPS) is 13.8. The zero-order valence-electron chi connectivity index (χ0n) is 17.4. The van der Waals surface area contributed by atoms with Crippen LogP contribution in [-0.2, 0) is 11.2 Å². The molecule has 1 saturated heterocycles. The summed E-state index contributed by atoms with van der Waals surface area (Å²) in [7, 11) is 0. The smallest absolute Gasteiger partial charge is 0.261 e. The van der Waals surface area contributed by atoms with Gasteiger partial charge in [-0.15, -0.1) is 0 Å². The SMILES string of the molecule is Cc1cccc(-c2ccc(C(=O)N3CCN(C(=O)Cc4ccccn4)CC3)c(=O)[nH]2)c1. The number of carbonyl (C=O) groups is 2. The van der Waals surface area contributed by atoms with Gasteiger partial charge in [-0.25, -0.2) is 0 Å². The van der Waals surface area contributed by atoms with E-state index in [2.05, 4.69) is 9.97 Å². The zero-order valence-corrected chi connectivity index (χ0v) is 17.4. The Kier molecular flexibility index (Phi) is 5.93. The van der Waals surface area contributed by atoms with Gasteiger partial charge in [0.15, 0.2) is 0 Å². The van der Waals surface area contributed by atoms with Gasteiger partial charge in [-0.3, -0.25) is 19.4 Å². The molecule has 7 nitrogen and oxygen atoms in total. The quantitative estimate of drug-likeness (QED) is 0.707. The minimum absolute atomic E-state index is 0.00819. The van der Waals surface area contributed by atoms with E-state index in [1.165, 1.54) is 0 Å². The molecule has 2 amide bonds. The highest BCUT2D eigenvalue weighted by atomic mass is 16.2. The maximum Gasteiger partial charge on any atom is 0.261 e. The van der Waals surface area contributed by atoms with Gasteiger partial charge in [-0.1, -0.05) is 29.8 Å². The number of piperazine rings is 1. The molecule has 0 aliphatic carbocycles. The van der Waals surface area contributed by atoms with Crippen LogP contribution in [0.25, 0.3) is 11.3 Å². The molecule has 3 heterocycles. The lowest BCUT2D eigenvalue weighted by atomic mass is 10.1. The van der Waals surface area contributed by atoms with Crippen LogP contribution in [0.1, 0.15) is 21.6 Å². The van der Waals surface area contributed by atoms with Crippen LogP contribution in [0.2, 0.25) is 0 Å². The van der Waals surface area contributed by atoms with Crippen LogP contribution < -0.4 is 5.56 Å². The lowest BCUT2D eigenvalue weighted by Crippen LogP contribution is -2.51. The highest BCUT2D eigenvalue weighted by molar-refractivity contribution is 5.94. The van der Waals surface area contributed by atoms with Gasteiger partial charge < -0.3 is 14.8 Å². The average molecular weight is 416 g/mol. The first kappa shape index (κ1) is 20.5. The highest BCUT2D eigenvalue weighted by Crippen LogP contribution is 2.17. The van der Waals surface area contributed by atoms with E-state index in [0.29, 0.717) is 31.9 Å². The van der Waals surface area contributed by atoms with Crippen molar-refractivity contribution in [2.24, 2.45) is 0 Å². The second-order valence-corrected chi connectivity index (χ2v) is 7.66. The van der Waals surface area contributed by atoms with E-state index in [1.54, 1.807) is 28.1 Å². The Labute approximate surface area is 180 Å². The molecule has 7 heteroatoms. The number of aromatic nitrogens is 2. The molecule has 31 heavy (non-hydrogen) atoms. The van der Waals surface area contributed by atoms with Crippen LogP contribution in [0, 0.1) is 6.92 Å². The van der Waals surface area contributed by atoms with Crippen molar-refractivity contribution in [3.63, 3.8) is 0 Å². The van der Waals surface area contributed by atoms with E-state index in [9.17, 15) is 14.4 Å². The van der Waals surface area contributed by atoms with Gasteiger partial charge in [-0.2, -0.15) is 0 Å². The van der Waals surface area contributed by atoms with Crippen molar-refractivity contribution in [1.29, 1.82) is 0 Å². The molecular weight excluding hydrogens is 392 g/mol. The molecule has 0 atom stereocenters. The third kappa shape index (κ3) is 4.71. The minimum Gasteiger partial charge on any atom is -0.339 e. The van der Waals surface area contributed by atoms with Crippen molar-refractivity contribution in [2.45, 2.75) is 13.3 Å². The van der Waals surface area contributed by atoms with Gasteiger partial charge in [0.1, 0.15) is 5.56 Å². The Hall–Kier alpha value is -3.74. The van der Waals surface area contributed by atoms with Gasteiger partial charge in [0.25, 0.3) is 11.5 Å². The summed E-state index contributed by atoms with van der Waals surface area (Å²) in [5.41, 5.74) is 3.11. The number of hydrogen-bond donors (Lipinski definition) is 1. The average Bonchev–Trinajstić information content (AvgIpc) is 2.79. The number of H-pyrrole nitrogens is 1. The lowest BCUT2D eigenvalue weighted by molar-refractivity contribution is -0.132. The number of carbonyl (C=O) groups excluding carboxylic acids is 2. The molecule has 1 fully saturated rings. The highest BCUT2D eigenvalue weighted by Gasteiger charge is 2.26. The number of rotatable bonds is 4. The monoisotopic (exact) mass is 416 g/mol. The Morgan fingerprint density at radius 1 is 0.968 bits per heavy atom. The molecular formula is C24H24N4O3. The van der Waals surface area contributed by atoms with Crippen molar-refractivity contribution in [1.82, 2.24) is 19.8 Å². The van der Waals surface area contributed by atoms with E-state index < -0.39 is 5.56 Å². The van der Waals surface area contributed by atoms with Crippen LogP contribution in [0.5, 0.6) is 0 Å². The third-order valence-electron chi connectivity index (χ3n) is 5.45. The van der Waals surface area contributed by atoms with Crippen molar-refractivity contribution >= 4 is 11.8 Å². The summed E-state index contributed by atoms with van der Waals surface area (Å²) >= 11 is 0. The summed E-state index contributed by atoms with van der Waals surface area (Å²) in [6.07, 6.45) is 1.91. The summed E-state index contributed by atoms with van der Waals surface area (Å²) in [6, 6.07) is 16.6. The predicted molar refractivity (Wildman–Crippen MR) is 118 cm³/mol. The number of hydrogen-bond acceptors (Lipinski definition) is 4. The first-order valence-corrected chi connectivity index (χ1v) is 10.3. The Balaban J connectivity index is 1.39. The molecule has 1 aromatic carbocycles. The molecule has 1 N–H and O–H groups in total. The fourth-order valence-electron chi connectivity index (χ4n) is 3.72. The van der Waals surface area contributed by atoms with Crippen LogP contribution >= 0.6 is 0 Å². The Bertz CT molecular complexity index is 1150. The van der Waals surface area contributed by atoms with Crippen molar-refractivity contribution in [2.75, 3.05) is 26.2 Å². The first-order chi connectivity index (χ1) is 15.0. The van der Waals surface area contributed by atoms with Gasteiger partial charge in [0.05, 0.1) is 6.42 Å². The maximum absolute atomic E-state index is 12.9. The zero-order chi connectivity index (χ0) is 21.8. The summed E-state index contributed by atoms with van der Waals surface area (Å²) < 4.78 is 0. The summed E-state index contributed by atoms with van der Waals surface area (Å²) in [5.74, 6) is -0.319. The van der Waals surface area contributed by atoms with Crippen LogP contribution in [-0.4, -0.2) is 57.8 Å². The second-order valence-electron chi connectivity index (χ2n) is 7.66. The van der Waals surface area contributed by atoms with E-state index in [0.717, 1.165) is 16.8 Å². The van der Waals surface area contributed by atoms with Crippen LogP contribution in [0.15, 0.2) is 65.6 Å². The largest absolute Gasteiger partial charge is 0.339 e. The molecule has 0 spiro atoms. The van der Waals surface area contributed by atoms with Gasteiger partial charge in [-0.05, 0) is 42.8 Å². The van der Waals surface area contributed by atoms with Crippen molar-refractivity contribution < 1.29 is 9.59 Å². The first-order valence-electron chi connectivity index (χ1n) is 10.3. The molecule has 0 radical (unpaired) electrons. The summed E-state index contributed by atoms with van der Waals surface area (Å²) in [4.78, 5) is 48.3. The minimum atomic E-state index is -0.405. The summed E-state index contributed by atoms with van der Waals surface area (Å²) in [6.45, 7) is 3.66. The fourth-order valence-corrected chi connectivity index (χ4v) is 3.72. The van der Waals surface area contributed by atoms with E-state index >= 15 is 0 Å². The maximum atomic E-state index is 12.9. The predicted octanol–water partition coefficient (Wildman–Crippen LogP) is 2.27. The molecule has 4 rings (SSSR count). The number of pyridine rings is 2. The molecule has 1 aliphatic heterocycles. The third-order valence-corrected chi connectivity index (χ3v) is 5.45. The number of amides is 2. The Morgan fingerprint density at radius 3 is 2.42 bits per heavy atom. The molecule has 3 aromatic rings. The molecule has 158 valence electrons. The molecule has 0 bridgehead atoms.